The van der Waals surface area contributed by atoms with Gasteiger partial charge in [-0.1, -0.05) is 12.8 Å². The Hall–Kier alpha value is -2.03. The zero-order chi connectivity index (χ0) is 20.5. The smallest absolute Gasteiger partial charge is 0.225 e. The average molecular weight is 414 g/mol. The molecule has 1 amide bonds. The lowest BCUT2D eigenvalue weighted by molar-refractivity contribution is -0.143. The maximum absolute atomic E-state index is 12.9. The van der Waals surface area contributed by atoms with Gasteiger partial charge in [-0.15, -0.1) is 0 Å². The summed E-state index contributed by atoms with van der Waals surface area (Å²) in [7, 11) is 0. The van der Waals surface area contributed by atoms with Gasteiger partial charge in [0.25, 0.3) is 0 Å². The highest BCUT2D eigenvalue weighted by atomic mass is 16.5. The molecular weight excluding hydrogens is 382 g/mol. The molecule has 1 aliphatic carbocycles. The summed E-state index contributed by atoms with van der Waals surface area (Å²) in [6.45, 7) is 8.12. The summed E-state index contributed by atoms with van der Waals surface area (Å²) in [6, 6.07) is 1.98. The number of hydrogen-bond donors (Lipinski definition) is 0. The van der Waals surface area contributed by atoms with Crippen LogP contribution in [-0.4, -0.2) is 76.3 Å². The molecule has 30 heavy (non-hydrogen) atoms. The van der Waals surface area contributed by atoms with Crippen molar-refractivity contribution >= 4 is 11.6 Å². The predicted molar refractivity (Wildman–Crippen MR) is 111 cm³/mol. The van der Waals surface area contributed by atoms with Crippen LogP contribution < -0.4 is 0 Å². The van der Waals surface area contributed by atoms with Crippen molar-refractivity contribution < 1.29 is 14.3 Å². The number of carbonyl (C=O) groups is 1. The highest BCUT2D eigenvalue weighted by Crippen LogP contribution is 2.30. The molecule has 3 aliphatic rings. The van der Waals surface area contributed by atoms with Crippen LogP contribution in [0.4, 0.5) is 0 Å². The van der Waals surface area contributed by atoms with E-state index in [2.05, 4.69) is 9.88 Å². The molecule has 1 atom stereocenters. The molecule has 4 heterocycles. The lowest BCUT2D eigenvalue weighted by Gasteiger charge is -2.34. The minimum absolute atomic E-state index is 0.176. The number of hydrogen-bond acceptors (Lipinski definition) is 6. The fourth-order valence-corrected chi connectivity index (χ4v) is 4.99. The summed E-state index contributed by atoms with van der Waals surface area (Å²) in [4.78, 5) is 22.0. The van der Waals surface area contributed by atoms with E-state index in [1.54, 1.807) is 0 Å². The van der Waals surface area contributed by atoms with Crippen LogP contribution in [0.1, 0.15) is 48.7 Å². The van der Waals surface area contributed by atoms with Gasteiger partial charge in [0.1, 0.15) is 6.10 Å². The number of fused-ring (bicyclic) bond motifs is 1. The van der Waals surface area contributed by atoms with Crippen LogP contribution in [0.25, 0.3) is 5.65 Å². The van der Waals surface area contributed by atoms with Crippen molar-refractivity contribution in [1.29, 1.82) is 0 Å². The molecule has 1 saturated carbocycles. The third-order valence-corrected chi connectivity index (χ3v) is 6.74. The normalized spacial score (nSPS) is 24.0. The second kappa shape index (κ2) is 8.61. The van der Waals surface area contributed by atoms with Crippen molar-refractivity contribution in [2.24, 2.45) is 5.92 Å². The van der Waals surface area contributed by atoms with Crippen LogP contribution in [0.15, 0.2) is 12.3 Å². The van der Waals surface area contributed by atoms with Crippen LogP contribution in [0.2, 0.25) is 0 Å². The van der Waals surface area contributed by atoms with Crippen molar-refractivity contribution in [2.45, 2.75) is 45.3 Å². The van der Waals surface area contributed by atoms with Crippen molar-refractivity contribution in [1.82, 2.24) is 24.4 Å². The predicted octanol–water partition coefficient (Wildman–Crippen LogP) is 1.96. The van der Waals surface area contributed by atoms with Gasteiger partial charge in [0.05, 0.1) is 37.8 Å². The molecule has 3 fully saturated rings. The summed E-state index contributed by atoms with van der Waals surface area (Å²) in [5.74, 6) is 0.504. The van der Waals surface area contributed by atoms with Crippen LogP contribution in [0, 0.1) is 12.8 Å². The third kappa shape index (κ3) is 3.84. The maximum atomic E-state index is 12.9. The number of ether oxygens (including phenoxy) is 2. The highest BCUT2D eigenvalue weighted by molar-refractivity contribution is 5.79. The summed E-state index contributed by atoms with van der Waals surface area (Å²) in [5, 5.41) is 4.81. The topological polar surface area (TPSA) is 72.2 Å². The molecule has 2 aromatic heterocycles. The summed E-state index contributed by atoms with van der Waals surface area (Å²) >= 11 is 0. The van der Waals surface area contributed by atoms with E-state index in [9.17, 15) is 4.79 Å². The van der Waals surface area contributed by atoms with Crippen LogP contribution >= 0.6 is 0 Å². The molecule has 0 N–H and O–H groups in total. The lowest BCUT2D eigenvalue weighted by atomic mass is 10.1. The Morgan fingerprint density at radius 2 is 1.97 bits per heavy atom. The maximum Gasteiger partial charge on any atom is 0.225 e. The molecule has 162 valence electrons. The van der Waals surface area contributed by atoms with Crippen molar-refractivity contribution in [3.05, 3.63) is 29.2 Å². The zero-order valence-electron chi connectivity index (χ0n) is 17.8. The number of aromatic nitrogens is 3. The molecule has 5 rings (SSSR count). The van der Waals surface area contributed by atoms with Gasteiger partial charge in [-0.3, -0.25) is 9.69 Å². The van der Waals surface area contributed by atoms with Gasteiger partial charge in [-0.2, -0.15) is 5.10 Å². The largest absolute Gasteiger partial charge is 0.379 e. The Balaban J connectivity index is 1.38. The molecule has 2 saturated heterocycles. The van der Waals surface area contributed by atoms with E-state index in [0.29, 0.717) is 25.6 Å². The first-order valence-corrected chi connectivity index (χ1v) is 11.2. The fraction of sp³-hybridized carbons (Fsp3) is 0.682. The van der Waals surface area contributed by atoms with Gasteiger partial charge in [0.15, 0.2) is 5.65 Å². The number of nitrogens with zero attached hydrogens (tertiary/aromatic N) is 5. The van der Waals surface area contributed by atoms with Gasteiger partial charge in [0, 0.05) is 43.9 Å². The van der Waals surface area contributed by atoms with E-state index in [1.165, 1.54) is 12.8 Å². The minimum atomic E-state index is -0.176. The number of carbonyl (C=O) groups excluding carboxylic acids is 1. The van der Waals surface area contributed by atoms with E-state index in [0.717, 1.165) is 68.3 Å². The summed E-state index contributed by atoms with van der Waals surface area (Å²) < 4.78 is 13.5. The number of aryl methyl sites for hydroxylation is 1. The first-order valence-electron chi connectivity index (χ1n) is 11.2. The monoisotopic (exact) mass is 413 g/mol. The van der Waals surface area contributed by atoms with Gasteiger partial charge >= 0.3 is 0 Å². The number of amides is 1. The number of rotatable bonds is 4. The average Bonchev–Trinajstić information content (AvgIpc) is 3.43. The SMILES string of the molecule is Cc1nn2c([C@H]3CN(C(=O)C4CCCC4)CCO3)ccnc2c1CN1CCOCC1. The quantitative estimate of drug-likeness (QED) is 0.763. The van der Waals surface area contributed by atoms with Gasteiger partial charge in [-0.25, -0.2) is 9.50 Å². The molecule has 0 aromatic carbocycles. The van der Waals surface area contributed by atoms with Crippen molar-refractivity contribution in [3.8, 4) is 0 Å². The standard InChI is InChI=1S/C22H31N5O3/c1-16-18(14-25-8-11-29-12-9-25)21-23-7-6-19(27(21)24-16)20-15-26(10-13-30-20)22(28)17-4-2-3-5-17/h6-7,17,20H,2-5,8-15H2,1H3/t20-/m1/s1. The lowest BCUT2D eigenvalue weighted by Crippen LogP contribution is -2.44. The second-order valence-electron chi connectivity index (χ2n) is 8.68. The van der Waals surface area contributed by atoms with Gasteiger partial charge in [-0.05, 0) is 25.8 Å². The summed E-state index contributed by atoms with van der Waals surface area (Å²) in [6.07, 6.45) is 6.08. The Morgan fingerprint density at radius 1 is 1.17 bits per heavy atom. The molecule has 2 aromatic rings. The Kier molecular flexibility index (Phi) is 5.71. The molecule has 2 aliphatic heterocycles. The molecule has 8 heteroatoms. The Labute approximate surface area is 177 Å². The van der Waals surface area contributed by atoms with Crippen LogP contribution in [0.3, 0.4) is 0 Å². The second-order valence-corrected chi connectivity index (χ2v) is 8.68. The van der Waals surface area contributed by atoms with Gasteiger partial charge in [0.2, 0.25) is 5.91 Å². The molecule has 0 radical (unpaired) electrons. The van der Waals surface area contributed by atoms with Crippen molar-refractivity contribution in [2.75, 3.05) is 46.0 Å². The van der Waals surface area contributed by atoms with E-state index < -0.39 is 0 Å². The van der Waals surface area contributed by atoms with E-state index in [4.69, 9.17) is 14.6 Å². The number of morpholine rings is 2. The van der Waals surface area contributed by atoms with Crippen LogP contribution in [-0.2, 0) is 20.8 Å². The first kappa shape index (κ1) is 19.9. The highest BCUT2D eigenvalue weighted by Gasteiger charge is 2.32. The van der Waals surface area contributed by atoms with Crippen LogP contribution in [0.5, 0.6) is 0 Å². The molecule has 0 bridgehead atoms. The molecule has 8 nitrogen and oxygen atoms in total. The molecular formula is C22H31N5O3. The zero-order valence-corrected chi connectivity index (χ0v) is 17.8. The van der Waals surface area contributed by atoms with E-state index >= 15 is 0 Å². The fourth-order valence-electron chi connectivity index (χ4n) is 4.99. The Bertz CT molecular complexity index is 902. The minimum Gasteiger partial charge on any atom is -0.379 e. The molecule has 0 spiro atoms. The van der Waals surface area contributed by atoms with E-state index in [-0.39, 0.29) is 12.0 Å². The van der Waals surface area contributed by atoms with E-state index in [1.807, 2.05) is 28.6 Å². The first-order chi connectivity index (χ1) is 14.7. The summed E-state index contributed by atoms with van der Waals surface area (Å²) in [5.41, 5.74) is 4.02. The van der Waals surface area contributed by atoms with Crippen molar-refractivity contribution in [3.63, 3.8) is 0 Å². The molecule has 0 unspecified atom stereocenters. The third-order valence-electron chi connectivity index (χ3n) is 6.74. The van der Waals surface area contributed by atoms with Gasteiger partial charge < -0.3 is 14.4 Å². The Morgan fingerprint density at radius 3 is 2.77 bits per heavy atom.